The van der Waals surface area contributed by atoms with E-state index in [1.54, 1.807) is 11.8 Å². The summed E-state index contributed by atoms with van der Waals surface area (Å²) >= 11 is 0. The number of nitrogens with zero attached hydrogens (tertiary/aromatic N) is 4. The predicted molar refractivity (Wildman–Crippen MR) is 77.5 cm³/mol. The van der Waals surface area contributed by atoms with E-state index in [1.165, 1.54) is 6.33 Å². The first kappa shape index (κ1) is 13.9. The number of nitrogen functional groups attached to an aromatic ring is 1. The number of anilines is 1. The third-order valence-electron chi connectivity index (χ3n) is 3.11. The van der Waals surface area contributed by atoms with Crippen molar-refractivity contribution >= 4 is 11.7 Å². The quantitative estimate of drug-likeness (QED) is 0.484. The Hall–Kier alpha value is -2.57. The van der Waals surface area contributed by atoms with Gasteiger partial charge in [0.15, 0.2) is 0 Å². The molecule has 0 spiro atoms. The van der Waals surface area contributed by atoms with E-state index in [0.717, 1.165) is 17.0 Å². The Morgan fingerprint density at radius 2 is 2.10 bits per heavy atom. The topological polar surface area (TPSA) is 104 Å². The molecule has 1 heterocycles. The van der Waals surface area contributed by atoms with Gasteiger partial charge in [-0.1, -0.05) is 12.1 Å². The first-order valence-corrected chi connectivity index (χ1v) is 6.18. The zero-order valence-corrected chi connectivity index (χ0v) is 11.5. The Bertz CT molecular complexity index is 589. The van der Waals surface area contributed by atoms with Crippen LogP contribution in [0.3, 0.4) is 0 Å². The van der Waals surface area contributed by atoms with Gasteiger partial charge in [-0.3, -0.25) is 0 Å². The van der Waals surface area contributed by atoms with E-state index in [1.807, 2.05) is 31.2 Å². The van der Waals surface area contributed by atoms with E-state index in [4.69, 9.17) is 16.3 Å². The van der Waals surface area contributed by atoms with Crippen molar-refractivity contribution in [1.82, 2.24) is 14.8 Å². The van der Waals surface area contributed by atoms with Gasteiger partial charge in [0, 0.05) is 12.1 Å². The van der Waals surface area contributed by atoms with Gasteiger partial charge in [0.25, 0.3) is 0 Å². The lowest BCUT2D eigenvalue weighted by molar-refractivity contribution is 0.414. The molecule has 1 aromatic heterocycles. The van der Waals surface area contributed by atoms with Crippen LogP contribution in [0, 0.1) is 0 Å². The Labute approximate surface area is 117 Å². The number of hydrogen-bond donors (Lipinski definition) is 2. The molecular formula is C13H18N6O. The van der Waals surface area contributed by atoms with Crippen molar-refractivity contribution in [3.05, 3.63) is 36.2 Å². The molecule has 0 radical (unpaired) electrons. The molecule has 2 rings (SSSR count). The van der Waals surface area contributed by atoms with Crippen molar-refractivity contribution in [2.24, 2.45) is 10.9 Å². The molecule has 106 valence electrons. The molecular weight excluding hydrogens is 256 g/mol. The summed E-state index contributed by atoms with van der Waals surface area (Å²) in [6, 6.07) is 7.62. The maximum atomic E-state index is 5.85. The molecule has 0 aliphatic carbocycles. The lowest BCUT2D eigenvalue weighted by Gasteiger charge is -2.18. The van der Waals surface area contributed by atoms with Crippen LogP contribution < -0.4 is 16.3 Å². The molecule has 1 atom stereocenters. The Balaban J connectivity index is 2.37. The molecule has 0 aliphatic heterocycles. The van der Waals surface area contributed by atoms with Gasteiger partial charge in [0.1, 0.15) is 12.1 Å². The summed E-state index contributed by atoms with van der Waals surface area (Å²) in [7, 11) is 1.63. The van der Waals surface area contributed by atoms with Crippen LogP contribution in [0.15, 0.2) is 35.7 Å². The van der Waals surface area contributed by atoms with Gasteiger partial charge in [-0.05, 0) is 24.6 Å². The minimum absolute atomic E-state index is 0.101. The summed E-state index contributed by atoms with van der Waals surface area (Å²) in [6.07, 6.45) is 2.04. The van der Waals surface area contributed by atoms with Crippen LogP contribution in [-0.2, 0) is 0 Å². The van der Waals surface area contributed by atoms with Crippen LogP contribution >= 0.6 is 0 Å². The van der Waals surface area contributed by atoms with Crippen molar-refractivity contribution in [2.45, 2.75) is 19.4 Å². The molecule has 20 heavy (non-hydrogen) atoms. The molecule has 1 aromatic carbocycles. The Kier molecular flexibility index (Phi) is 4.19. The fourth-order valence-corrected chi connectivity index (χ4v) is 2.00. The summed E-state index contributed by atoms with van der Waals surface area (Å²) in [5.41, 5.74) is 7.69. The summed E-state index contributed by atoms with van der Waals surface area (Å²) in [6.45, 7) is 1.86. The second-order valence-corrected chi connectivity index (χ2v) is 4.42. The van der Waals surface area contributed by atoms with Gasteiger partial charge < -0.3 is 16.3 Å². The van der Waals surface area contributed by atoms with Crippen molar-refractivity contribution in [1.29, 1.82) is 0 Å². The fourth-order valence-electron chi connectivity index (χ4n) is 2.00. The Morgan fingerprint density at radius 3 is 2.60 bits per heavy atom. The average molecular weight is 274 g/mol. The van der Waals surface area contributed by atoms with Gasteiger partial charge in [0.05, 0.1) is 13.2 Å². The van der Waals surface area contributed by atoms with Crippen LogP contribution in [-0.4, -0.2) is 27.6 Å². The van der Waals surface area contributed by atoms with Crippen LogP contribution in [0.5, 0.6) is 5.75 Å². The molecule has 0 fully saturated rings. The number of hydrogen-bond acceptors (Lipinski definition) is 6. The molecule has 2 aromatic rings. The van der Waals surface area contributed by atoms with Crippen LogP contribution in [0.25, 0.3) is 0 Å². The van der Waals surface area contributed by atoms with E-state index in [0.29, 0.717) is 12.4 Å². The molecule has 0 saturated heterocycles. The number of hydrazone groups is 1. The van der Waals surface area contributed by atoms with Crippen LogP contribution in [0.1, 0.15) is 24.9 Å². The van der Waals surface area contributed by atoms with Crippen LogP contribution in [0.2, 0.25) is 0 Å². The molecule has 1 unspecified atom stereocenters. The lowest BCUT2D eigenvalue weighted by atomic mass is 10.0. The molecule has 0 saturated carbocycles. The van der Waals surface area contributed by atoms with E-state index in [2.05, 4.69) is 15.2 Å². The first-order valence-electron chi connectivity index (χ1n) is 6.18. The lowest BCUT2D eigenvalue weighted by Crippen LogP contribution is -2.18. The first-order chi connectivity index (χ1) is 9.65. The normalized spacial score (nSPS) is 13.2. The largest absolute Gasteiger partial charge is 0.497 e. The maximum absolute atomic E-state index is 5.85. The summed E-state index contributed by atoms with van der Waals surface area (Å²) < 4.78 is 6.83. The van der Waals surface area contributed by atoms with Crippen molar-refractivity contribution in [2.75, 3.05) is 12.8 Å². The van der Waals surface area contributed by atoms with Gasteiger partial charge >= 0.3 is 0 Å². The highest BCUT2D eigenvalue weighted by molar-refractivity contribution is 5.82. The zero-order valence-electron chi connectivity index (χ0n) is 11.5. The second kappa shape index (κ2) is 6.05. The second-order valence-electron chi connectivity index (χ2n) is 4.42. The van der Waals surface area contributed by atoms with Gasteiger partial charge in [-0.25, -0.2) is 9.67 Å². The maximum Gasteiger partial charge on any atom is 0.219 e. The van der Waals surface area contributed by atoms with Crippen LogP contribution in [0.4, 0.5) is 5.95 Å². The minimum atomic E-state index is -0.101. The molecule has 7 nitrogen and oxygen atoms in total. The predicted octanol–water partition coefficient (Wildman–Crippen LogP) is 1.18. The number of ether oxygens (including phenoxy) is 1. The smallest absolute Gasteiger partial charge is 0.219 e. The molecule has 0 aliphatic rings. The summed E-state index contributed by atoms with van der Waals surface area (Å²) in [5.74, 6) is 6.48. The van der Waals surface area contributed by atoms with Crippen molar-refractivity contribution in [3.8, 4) is 5.75 Å². The number of benzene rings is 1. The Morgan fingerprint density at radius 1 is 1.40 bits per heavy atom. The molecule has 0 bridgehead atoms. The van der Waals surface area contributed by atoms with E-state index >= 15 is 0 Å². The standard InChI is InChI=1S/C13H18N6O/c1-9(18-15)7-12(19-13(14)16-8-17-19)10-3-5-11(20-2)6-4-10/h3-6,8,12H,7,15H2,1-2H3,(H2,14,16,17)/b18-9-. The SMILES string of the molecule is COc1ccc(C(C/C(C)=N\N)n2ncnc2N)cc1. The van der Waals surface area contributed by atoms with Crippen molar-refractivity contribution < 1.29 is 4.74 Å². The average Bonchev–Trinajstić information content (AvgIpc) is 2.90. The van der Waals surface area contributed by atoms with Gasteiger partial charge in [-0.2, -0.15) is 10.2 Å². The minimum Gasteiger partial charge on any atom is -0.497 e. The number of aromatic nitrogens is 3. The third-order valence-corrected chi connectivity index (χ3v) is 3.11. The number of rotatable bonds is 5. The monoisotopic (exact) mass is 274 g/mol. The van der Waals surface area contributed by atoms with Gasteiger partial charge in [-0.15, -0.1) is 0 Å². The van der Waals surface area contributed by atoms with E-state index in [-0.39, 0.29) is 6.04 Å². The molecule has 7 heteroatoms. The molecule has 0 amide bonds. The summed E-state index contributed by atoms with van der Waals surface area (Å²) in [5, 5.41) is 7.89. The van der Waals surface area contributed by atoms with E-state index in [9.17, 15) is 0 Å². The highest BCUT2D eigenvalue weighted by Crippen LogP contribution is 2.25. The van der Waals surface area contributed by atoms with Crippen molar-refractivity contribution in [3.63, 3.8) is 0 Å². The number of nitrogens with two attached hydrogens (primary N) is 2. The fraction of sp³-hybridized carbons (Fsp3) is 0.308. The molecule has 4 N–H and O–H groups in total. The zero-order chi connectivity index (χ0) is 14.5. The number of methoxy groups -OCH3 is 1. The highest BCUT2D eigenvalue weighted by Gasteiger charge is 2.18. The van der Waals surface area contributed by atoms with E-state index < -0.39 is 0 Å². The van der Waals surface area contributed by atoms with Gasteiger partial charge in [0.2, 0.25) is 5.95 Å². The highest BCUT2D eigenvalue weighted by atomic mass is 16.5. The third kappa shape index (κ3) is 2.87. The summed E-state index contributed by atoms with van der Waals surface area (Å²) in [4.78, 5) is 3.96.